The van der Waals surface area contributed by atoms with E-state index >= 15 is 0 Å². The Bertz CT molecular complexity index is 556. The highest BCUT2D eigenvalue weighted by Gasteiger charge is 2.24. The molecule has 0 aromatic carbocycles. The maximum atomic E-state index is 12.0. The summed E-state index contributed by atoms with van der Waals surface area (Å²) in [6, 6.07) is 5.64. The molecule has 2 amide bonds. The number of hydrogen-bond acceptors (Lipinski definition) is 4. The van der Waals surface area contributed by atoms with Crippen molar-refractivity contribution in [3.05, 3.63) is 23.9 Å². The zero-order chi connectivity index (χ0) is 17.4. The Balaban J connectivity index is 1.59. The van der Waals surface area contributed by atoms with Gasteiger partial charge in [0.15, 0.2) is 0 Å². The molecule has 1 atom stereocenters. The van der Waals surface area contributed by atoms with Gasteiger partial charge < -0.3 is 16.0 Å². The second-order valence-corrected chi connectivity index (χ2v) is 6.54. The Hall–Kier alpha value is -2.11. The van der Waals surface area contributed by atoms with E-state index in [1.165, 1.54) is 0 Å². The Labute approximate surface area is 143 Å². The molecule has 0 spiro atoms. The van der Waals surface area contributed by atoms with E-state index in [1.54, 1.807) is 0 Å². The van der Waals surface area contributed by atoms with Gasteiger partial charge in [-0.3, -0.25) is 9.59 Å². The van der Waals surface area contributed by atoms with E-state index in [2.05, 4.69) is 20.9 Å². The molecular weight excluding hydrogens is 304 g/mol. The Kier molecular flexibility index (Phi) is 7.03. The summed E-state index contributed by atoms with van der Waals surface area (Å²) in [5.74, 6) is 0.996. The quantitative estimate of drug-likeness (QED) is 0.636. The third kappa shape index (κ3) is 6.18. The standard InChI is InChI=1S/C18H28N4O2/c1-13-6-5-9-16(21-13)19-10-11-20-17(23)12-14(2)22-18(24)15-7-3-4-8-15/h5-6,9,14-15H,3-4,7-8,10-12H2,1-2H3,(H,19,21)(H,20,23)(H,22,24)/t14-/m0/s1. The number of nitrogens with zero attached hydrogens (tertiary/aromatic N) is 1. The zero-order valence-corrected chi connectivity index (χ0v) is 14.6. The predicted molar refractivity (Wildman–Crippen MR) is 94.7 cm³/mol. The number of carbonyl (C=O) groups excluding carboxylic acids is 2. The highest BCUT2D eigenvalue weighted by atomic mass is 16.2. The van der Waals surface area contributed by atoms with Crippen LogP contribution >= 0.6 is 0 Å². The Morgan fingerprint density at radius 3 is 2.71 bits per heavy atom. The molecule has 0 saturated heterocycles. The van der Waals surface area contributed by atoms with Gasteiger partial charge in [0.05, 0.1) is 0 Å². The summed E-state index contributed by atoms with van der Waals surface area (Å²) in [7, 11) is 0. The summed E-state index contributed by atoms with van der Waals surface area (Å²) in [5.41, 5.74) is 0.955. The third-order valence-electron chi connectivity index (χ3n) is 4.25. The maximum absolute atomic E-state index is 12.0. The minimum atomic E-state index is -0.135. The lowest BCUT2D eigenvalue weighted by Crippen LogP contribution is -2.40. The fraction of sp³-hybridized carbons (Fsp3) is 0.611. The number of pyridine rings is 1. The highest BCUT2D eigenvalue weighted by molar-refractivity contribution is 5.81. The monoisotopic (exact) mass is 332 g/mol. The Morgan fingerprint density at radius 1 is 1.25 bits per heavy atom. The first-order chi connectivity index (χ1) is 11.5. The van der Waals surface area contributed by atoms with Gasteiger partial charge in [0.1, 0.15) is 5.82 Å². The van der Waals surface area contributed by atoms with Crippen LogP contribution in [0.5, 0.6) is 0 Å². The van der Waals surface area contributed by atoms with Gasteiger partial charge in [-0.25, -0.2) is 4.98 Å². The second-order valence-electron chi connectivity index (χ2n) is 6.54. The van der Waals surface area contributed by atoms with Crippen molar-refractivity contribution < 1.29 is 9.59 Å². The summed E-state index contributed by atoms with van der Waals surface area (Å²) in [6.45, 7) is 4.96. The summed E-state index contributed by atoms with van der Waals surface area (Å²) in [6.07, 6.45) is 4.53. The second kappa shape index (κ2) is 9.25. The molecule has 0 unspecified atom stereocenters. The number of hydrogen-bond donors (Lipinski definition) is 3. The number of aromatic nitrogens is 1. The van der Waals surface area contributed by atoms with E-state index in [-0.39, 0.29) is 23.8 Å². The van der Waals surface area contributed by atoms with E-state index in [0.717, 1.165) is 37.2 Å². The molecule has 1 heterocycles. The molecule has 1 aliphatic carbocycles. The lowest BCUT2D eigenvalue weighted by atomic mass is 10.1. The van der Waals surface area contributed by atoms with Crippen molar-refractivity contribution in [2.24, 2.45) is 5.92 Å². The molecule has 0 radical (unpaired) electrons. The average Bonchev–Trinajstić information content (AvgIpc) is 3.06. The van der Waals surface area contributed by atoms with Crippen LogP contribution in [0.1, 0.15) is 44.7 Å². The number of rotatable bonds is 8. The summed E-state index contributed by atoms with van der Waals surface area (Å²) in [5, 5.41) is 8.98. The van der Waals surface area contributed by atoms with Crippen LogP contribution in [0.25, 0.3) is 0 Å². The van der Waals surface area contributed by atoms with Gasteiger partial charge in [0.2, 0.25) is 11.8 Å². The van der Waals surface area contributed by atoms with Gasteiger partial charge in [0, 0.05) is 37.2 Å². The summed E-state index contributed by atoms with van der Waals surface area (Å²) >= 11 is 0. The lowest BCUT2D eigenvalue weighted by Gasteiger charge is -2.17. The van der Waals surface area contributed by atoms with E-state index in [1.807, 2.05) is 32.0 Å². The highest BCUT2D eigenvalue weighted by Crippen LogP contribution is 2.24. The predicted octanol–water partition coefficient (Wildman–Crippen LogP) is 2.00. The van der Waals surface area contributed by atoms with Crippen LogP contribution < -0.4 is 16.0 Å². The van der Waals surface area contributed by atoms with Crippen molar-refractivity contribution in [1.29, 1.82) is 0 Å². The van der Waals surface area contributed by atoms with Gasteiger partial charge >= 0.3 is 0 Å². The van der Waals surface area contributed by atoms with Crippen molar-refractivity contribution in [3.63, 3.8) is 0 Å². The summed E-state index contributed by atoms with van der Waals surface area (Å²) in [4.78, 5) is 28.3. The molecule has 1 fully saturated rings. The van der Waals surface area contributed by atoms with E-state index in [4.69, 9.17) is 0 Å². The van der Waals surface area contributed by atoms with Gasteiger partial charge in [-0.2, -0.15) is 0 Å². The van der Waals surface area contributed by atoms with Gasteiger partial charge in [-0.15, -0.1) is 0 Å². The topological polar surface area (TPSA) is 83.1 Å². The van der Waals surface area contributed by atoms with Crippen LogP contribution in [-0.4, -0.2) is 35.9 Å². The molecule has 1 aromatic heterocycles. The number of aryl methyl sites for hydroxylation is 1. The summed E-state index contributed by atoms with van der Waals surface area (Å²) < 4.78 is 0. The van der Waals surface area contributed by atoms with Crippen LogP contribution in [0, 0.1) is 12.8 Å². The van der Waals surface area contributed by atoms with Crippen molar-refractivity contribution in [2.45, 2.75) is 52.0 Å². The number of nitrogens with one attached hydrogen (secondary N) is 3. The van der Waals surface area contributed by atoms with E-state index < -0.39 is 0 Å². The molecular formula is C18H28N4O2. The SMILES string of the molecule is Cc1cccc(NCCNC(=O)C[C@H](C)NC(=O)C2CCCC2)n1. The zero-order valence-electron chi connectivity index (χ0n) is 14.6. The van der Waals surface area contributed by atoms with E-state index in [9.17, 15) is 9.59 Å². The smallest absolute Gasteiger partial charge is 0.223 e. The van der Waals surface area contributed by atoms with Crippen molar-refractivity contribution in [3.8, 4) is 0 Å². The molecule has 1 saturated carbocycles. The molecule has 2 rings (SSSR count). The number of amides is 2. The minimum absolute atomic E-state index is 0.0479. The van der Waals surface area contributed by atoms with Crippen LogP contribution in [0.15, 0.2) is 18.2 Å². The molecule has 6 heteroatoms. The molecule has 0 aliphatic heterocycles. The van der Waals surface area contributed by atoms with Gasteiger partial charge in [-0.05, 0) is 38.8 Å². The van der Waals surface area contributed by atoms with Crippen LogP contribution in [0.3, 0.4) is 0 Å². The first kappa shape index (κ1) is 18.2. The van der Waals surface area contributed by atoms with Gasteiger partial charge in [-0.1, -0.05) is 18.9 Å². The maximum Gasteiger partial charge on any atom is 0.223 e. The van der Waals surface area contributed by atoms with Crippen molar-refractivity contribution in [1.82, 2.24) is 15.6 Å². The van der Waals surface area contributed by atoms with Crippen molar-refractivity contribution >= 4 is 17.6 Å². The first-order valence-corrected chi connectivity index (χ1v) is 8.79. The van der Waals surface area contributed by atoms with Gasteiger partial charge in [0.25, 0.3) is 0 Å². The third-order valence-corrected chi connectivity index (χ3v) is 4.25. The molecule has 6 nitrogen and oxygen atoms in total. The Morgan fingerprint density at radius 2 is 2.00 bits per heavy atom. The number of carbonyl (C=O) groups is 2. The molecule has 1 aromatic rings. The minimum Gasteiger partial charge on any atom is -0.368 e. The van der Waals surface area contributed by atoms with Crippen molar-refractivity contribution in [2.75, 3.05) is 18.4 Å². The van der Waals surface area contributed by atoms with Crippen LogP contribution in [0.2, 0.25) is 0 Å². The molecule has 1 aliphatic rings. The molecule has 0 bridgehead atoms. The molecule has 24 heavy (non-hydrogen) atoms. The fourth-order valence-corrected chi connectivity index (χ4v) is 2.98. The fourth-order valence-electron chi connectivity index (χ4n) is 2.98. The normalized spacial score (nSPS) is 15.8. The van der Waals surface area contributed by atoms with Crippen LogP contribution in [0.4, 0.5) is 5.82 Å². The number of anilines is 1. The van der Waals surface area contributed by atoms with E-state index in [0.29, 0.717) is 19.5 Å². The molecule has 132 valence electrons. The lowest BCUT2D eigenvalue weighted by molar-refractivity contribution is -0.126. The largest absolute Gasteiger partial charge is 0.368 e. The average molecular weight is 332 g/mol. The van der Waals surface area contributed by atoms with Crippen LogP contribution in [-0.2, 0) is 9.59 Å². The first-order valence-electron chi connectivity index (χ1n) is 8.79. The molecule has 3 N–H and O–H groups in total.